The van der Waals surface area contributed by atoms with Crippen molar-refractivity contribution in [2.24, 2.45) is 11.8 Å². The van der Waals surface area contributed by atoms with Gasteiger partial charge in [-0.1, -0.05) is 13.3 Å². The highest BCUT2D eigenvalue weighted by Gasteiger charge is 2.37. The molecular weight excluding hydrogens is 112 g/mol. The lowest BCUT2D eigenvalue weighted by molar-refractivity contribution is 0.101. The van der Waals surface area contributed by atoms with Crippen LogP contribution >= 0.6 is 0 Å². The summed E-state index contributed by atoms with van der Waals surface area (Å²) < 4.78 is 5.59. The van der Waals surface area contributed by atoms with E-state index < -0.39 is 0 Å². The summed E-state index contributed by atoms with van der Waals surface area (Å²) in [5, 5.41) is 0. The zero-order valence-corrected chi connectivity index (χ0v) is 5.97. The molecule has 0 amide bonds. The van der Waals surface area contributed by atoms with Gasteiger partial charge in [0.25, 0.3) is 0 Å². The average Bonchev–Trinajstić information content (AvgIpc) is 2.35. The van der Waals surface area contributed by atoms with Gasteiger partial charge >= 0.3 is 0 Å². The smallest absolute Gasteiger partial charge is 0.0606 e. The summed E-state index contributed by atoms with van der Waals surface area (Å²) in [5.74, 6) is 1.77. The molecule has 2 rings (SSSR count). The van der Waals surface area contributed by atoms with Crippen LogP contribution < -0.4 is 0 Å². The van der Waals surface area contributed by atoms with Crippen LogP contribution in [-0.4, -0.2) is 12.7 Å². The first-order valence-corrected chi connectivity index (χ1v) is 3.99. The molecule has 1 nitrogen and oxygen atoms in total. The zero-order valence-electron chi connectivity index (χ0n) is 5.97. The van der Waals surface area contributed by atoms with Crippen LogP contribution in [0, 0.1) is 11.8 Å². The fraction of sp³-hybridized carbons (Fsp3) is 1.00. The molecule has 1 heterocycles. The van der Waals surface area contributed by atoms with Gasteiger partial charge < -0.3 is 4.74 Å². The first kappa shape index (κ1) is 5.72. The first-order chi connectivity index (χ1) is 4.38. The Morgan fingerprint density at radius 2 is 2.22 bits per heavy atom. The molecule has 0 spiro atoms. The Balaban J connectivity index is 2.07. The third kappa shape index (κ3) is 0.787. The third-order valence-electron chi connectivity index (χ3n) is 2.81. The molecular formula is C8H14O. The van der Waals surface area contributed by atoms with Crippen LogP contribution in [0.3, 0.4) is 0 Å². The van der Waals surface area contributed by atoms with Gasteiger partial charge in [-0.3, -0.25) is 0 Å². The minimum Gasteiger partial charge on any atom is -0.378 e. The molecule has 2 fully saturated rings. The monoisotopic (exact) mass is 126 g/mol. The van der Waals surface area contributed by atoms with Crippen LogP contribution in [0.1, 0.15) is 26.2 Å². The minimum absolute atomic E-state index is 0.653. The van der Waals surface area contributed by atoms with Gasteiger partial charge in [0, 0.05) is 6.61 Å². The predicted octanol–water partition coefficient (Wildman–Crippen LogP) is 1.82. The Bertz CT molecular complexity index is 111. The van der Waals surface area contributed by atoms with E-state index in [0.717, 1.165) is 18.4 Å². The molecule has 1 saturated carbocycles. The van der Waals surface area contributed by atoms with Gasteiger partial charge in [0.15, 0.2) is 0 Å². The van der Waals surface area contributed by atoms with E-state index in [9.17, 15) is 0 Å². The van der Waals surface area contributed by atoms with Crippen molar-refractivity contribution >= 4 is 0 Å². The number of hydrogen-bond acceptors (Lipinski definition) is 1. The molecule has 0 aromatic heterocycles. The highest BCUT2D eigenvalue weighted by molar-refractivity contribution is 4.86. The molecule has 9 heavy (non-hydrogen) atoms. The lowest BCUT2D eigenvalue weighted by Gasteiger charge is -2.09. The maximum atomic E-state index is 5.59. The quantitative estimate of drug-likeness (QED) is 0.481. The standard InChI is InChI=1S/C8H14O/c1-6-5-9-8-4-2-3-7(6)8/h6-8H,2-5H2,1H3. The first-order valence-electron chi connectivity index (χ1n) is 3.99. The van der Waals surface area contributed by atoms with Crippen molar-refractivity contribution in [2.45, 2.75) is 32.3 Å². The van der Waals surface area contributed by atoms with Crippen LogP contribution in [0.25, 0.3) is 0 Å². The summed E-state index contributed by atoms with van der Waals surface area (Å²) in [4.78, 5) is 0. The molecule has 2 aliphatic rings. The van der Waals surface area contributed by atoms with E-state index in [2.05, 4.69) is 6.92 Å². The zero-order chi connectivity index (χ0) is 6.27. The summed E-state index contributed by atoms with van der Waals surface area (Å²) in [5.41, 5.74) is 0. The van der Waals surface area contributed by atoms with Gasteiger partial charge in [-0.2, -0.15) is 0 Å². The SMILES string of the molecule is CC1COC2CCCC12. The third-order valence-corrected chi connectivity index (χ3v) is 2.81. The van der Waals surface area contributed by atoms with E-state index >= 15 is 0 Å². The predicted molar refractivity (Wildman–Crippen MR) is 36.2 cm³/mol. The Hall–Kier alpha value is -0.0400. The van der Waals surface area contributed by atoms with E-state index in [-0.39, 0.29) is 0 Å². The van der Waals surface area contributed by atoms with Crippen LogP contribution in [0.2, 0.25) is 0 Å². The molecule has 1 heteroatoms. The Labute approximate surface area is 56.4 Å². The molecule has 0 N–H and O–H groups in total. The molecule has 0 aromatic carbocycles. The van der Waals surface area contributed by atoms with Gasteiger partial charge in [-0.05, 0) is 24.7 Å². The summed E-state index contributed by atoms with van der Waals surface area (Å²) in [6.07, 6.45) is 4.81. The second-order valence-corrected chi connectivity index (χ2v) is 3.44. The molecule has 3 unspecified atom stereocenters. The molecule has 0 bridgehead atoms. The van der Waals surface area contributed by atoms with E-state index in [1.54, 1.807) is 0 Å². The van der Waals surface area contributed by atoms with Gasteiger partial charge in [0.1, 0.15) is 0 Å². The fourth-order valence-corrected chi connectivity index (χ4v) is 2.21. The van der Waals surface area contributed by atoms with E-state index in [1.807, 2.05) is 0 Å². The average molecular weight is 126 g/mol. The lowest BCUT2D eigenvalue weighted by atomic mass is 9.95. The van der Waals surface area contributed by atoms with E-state index in [4.69, 9.17) is 4.74 Å². The lowest BCUT2D eigenvalue weighted by Crippen LogP contribution is -2.10. The number of ether oxygens (including phenoxy) is 1. The molecule has 0 radical (unpaired) electrons. The summed E-state index contributed by atoms with van der Waals surface area (Å²) in [6, 6.07) is 0. The van der Waals surface area contributed by atoms with Crippen molar-refractivity contribution < 1.29 is 4.74 Å². The largest absolute Gasteiger partial charge is 0.378 e. The van der Waals surface area contributed by atoms with Gasteiger partial charge in [-0.25, -0.2) is 0 Å². The minimum atomic E-state index is 0.653. The van der Waals surface area contributed by atoms with Crippen molar-refractivity contribution in [3.63, 3.8) is 0 Å². The van der Waals surface area contributed by atoms with Crippen LogP contribution in [0.15, 0.2) is 0 Å². The van der Waals surface area contributed by atoms with Crippen LogP contribution in [0.5, 0.6) is 0 Å². The Morgan fingerprint density at radius 1 is 1.33 bits per heavy atom. The molecule has 1 aliphatic carbocycles. The summed E-state index contributed by atoms with van der Waals surface area (Å²) in [6.45, 7) is 3.34. The van der Waals surface area contributed by atoms with Gasteiger partial charge in [0.2, 0.25) is 0 Å². The fourth-order valence-electron chi connectivity index (χ4n) is 2.21. The van der Waals surface area contributed by atoms with Crippen molar-refractivity contribution in [1.82, 2.24) is 0 Å². The second kappa shape index (κ2) is 1.98. The normalized spacial score (nSPS) is 49.7. The maximum absolute atomic E-state index is 5.59. The molecule has 3 atom stereocenters. The van der Waals surface area contributed by atoms with Crippen molar-refractivity contribution in [2.75, 3.05) is 6.61 Å². The highest BCUT2D eigenvalue weighted by atomic mass is 16.5. The van der Waals surface area contributed by atoms with Crippen molar-refractivity contribution in [3.8, 4) is 0 Å². The van der Waals surface area contributed by atoms with Crippen molar-refractivity contribution in [1.29, 1.82) is 0 Å². The Morgan fingerprint density at radius 3 is 3.00 bits per heavy atom. The van der Waals surface area contributed by atoms with E-state index in [1.165, 1.54) is 19.3 Å². The summed E-state index contributed by atoms with van der Waals surface area (Å²) in [7, 11) is 0. The van der Waals surface area contributed by atoms with Crippen LogP contribution in [0.4, 0.5) is 0 Å². The number of fused-ring (bicyclic) bond motifs is 1. The molecule has 1 aliphatic heterocycles. The topological polar surface area (TPSA) is 9.23 Å². The molecule has 0 aromatic rings. The second-order valence-electron chi connectivity index (χ2n) is 3.44. The van der Waals surface area contributed by atoms with E-state index in [0.29, 0.717) is 6.10 Å². The summed E-state index contributed by atoms with van der Waals surface area (Å²) >= 11 is 0. The van der Waals surface area contributed by atoms with Gasteiger partial charge in [0.05, 0.1) is 6.10 Å². The highest BCUT2D eigenvalue weighted by Crippen LogP contribution is 2.38. The number of rotatable bonds is 0. The number of hydrogen-bond donors (Lipinski definition) is 0. The van der Waals surface area contributed by atoms with Crippen LogP contribution in [-0.2, 0) is 4.74 Å². The Kier molecular flexibility index (Phi) is 1.26. The van der Waals surface area contributed by atoms with Gasteiger partial charge in [-0.15, -0.1) is 0 Å². The molecule has 52 valence electrons. The van der Waals surface area contributed by atoms with Crippen molar-refractivity contribution in [3.05, 3.63) is 0 Å². The molecule has 1 saturated heterocycles. The maximum Gasteiger partial charge on any atom is 0.0606 e.